The van der Waals surface area contributed by atoms with E-state index in [9.17, 15) is 0 Å². The summed E-state index contributed by atoms with van der Waals surface area (Å²) in [6.45, 7) is 4.58. The third kappa shape index (κ3) is 6.54. The summed E-state index contributed by atoms with van der Waals surface area (Å²) in [6.07, 6.45) is 11.0. The molecule has 0 amide bonds. The number of hydrogen-bond acceptors (Lipinski definition) is 5. The minimum absolute atomic E-state index is 0.416. The lowest BCUT2D eigenvalue weighted by molar-refractivity contribution is 0.371. The van der Waals surface area contributed by atoms with Crippen molar-refractivity contribution in [2.75, 3.05) is 19.6 Å². The fourth-order valence-electron chi connectivity index (χ4n) is 2.85. The molecular weight excluding hydrogens is 264 g/mol. The molecule has 0 saturated heterocycles. The zero-order chi connectivity index (χ0) is 14.8. The Morgan fingerprint density at radius 3 is 2.71 bits per heavy atom. The molecule has 6 heteroatoms. The van der Waals surface area contributed by atoms with Gasteiger partial charge in [-0.3, -0.25) is 4.68 Å². The van der Waals surface area contributed by atoms with Crippen LogP contribution in [0.5, 0.6) is 0 Å². The minimum atomic E-state index is 0.416. The summed E-state index contributed by atoms with van der Waals surface area (Å²) < 4.78 is 1.87. The van der Waals surface area contributed by atoms with Crippen molar-refractivity contribution in [2.24, 2.45) is 5.73 Å². The van der Waals surface area contributed by atoms with Gasteiger partial charge in [-0.15, -0.1) is 0 Å². The van der Waals surface area contributed by atoms with Crippen LogP contribution in [0.4, 0.5) is 0 Å². The van der Waals surface area contributed by atoms with Gasteiger partial charge in [0.1, 0.15) is 6.33 Å². The molecule has 120 valence electrons. The highest BCUT2D eigenvalue weighted by molar-refractivity contribution is 4.79. The summed E-state index contributed by atoms with van der Waals surface area (Å²) in [6, 6.07) is 0.780. The van der Waals surface area contributed by atoms with E-state index in [1.54, 1.807) is 6.33 Å². The lowest BCUT2D eigenvalue weighted by Crippen LogP contribution is -2.33. The molecule has 2 rings (SSSR count). The van der Waals surface area contributed by atoms with Gasteiger partial charge in [0.25, 0.3) is 0 Å². The van der Waals surface area contributed by atoms with Gasteiger partial charge < -0.3 is 16.4 Å². The van der Waals surface area contributed by atoms with E-state index in [0.717, 1.165) is 44.5 Å². The molecule has 0 spiro atoms. The van der Waals surface area contributed by atoms with Gasteiger partial charge in [0.05, 0.1) is 6.54 Å². The summed E-state index contributed by atoms with van der Waals surface area (Å²) in [5, 5.41) is 11.4. The SMILES string of the molecule is NCc1ncn(CCCNCCCNC2CCCCC2)n1. The zero-order valence-electron chi connectivity index (χ0n) is 13.1. The number of nitrogens with zero attached hydrogens (tertiary/aromatic N) is 3. The van der Waals surface area contributed by atoms with Crippen LogP contribution in [0.1, 0.15) is 50.8 Å². The van der Waals surface area contributed by atoms with Crippen molar-refractivity contribution in [3.63, 3.8) is 0 Å². The van der Waals surface area contributed by atoms with Gasteiger partial charge in [-0.25, -0.2) is 4.98 Å². The first-order valence-corrected chi connectivity index (χ1v) is 8.41. The first-order chi connectivity index (χ1) is 10.4. The highest BCUT2D eigenvalue weighted by atomic mass is 15.3. The predicted molar refractivity (Wildman–Crippen MR) is 84.9 cm³/mol. The van der Waals surface area contributed by atoms with Crippen LogP contribution in [-0.4, -0.2) is 40.4 Å². The summed E-state index contributed by atoms with van der Waals surface area (Å²) in [5.74, 6) is 0.719. The standard InChI is InChI=1S/C15H30N6/c16-12-15-19-13-21(20-15)11-5-9-17-8-4-10-18-14-6-2-1-3-7-14/h13-14,17-18H,1-12,16H2. The molecule has 1 saturated carbocycles. The van der Waals surface area contributed by atoms with Crippen molar-refractivity contribution in [1.29, 1.82) is 0 Å². The van der Waals surface area contributed by atoms with Gasteiger partial charge in [-0.2, -0.15) is 5.10 Å². The number of hydrogen-bond donors (Lipinski definition) is 3. The van der Waals surface area contributed by atoms with Crippen molar-refractivity contribution in [3.8, 4) is 0 Å². The fraction of sp³-hybridized carbons (Fsp3) is 0.867. The molecular formula is C15H30N6. The number of aryl methyl sites for hydroxylation is 1. The van der Waals surface area contributed by atoms with E-state index in [-0.39, 0.29) is 0 Å². The van der Waals surface area contributed by atoms with Gasteiger partial charge in [-0.05, 0) is 45.3 Å². The van der Waals surface area contributed by atoms with Crippen LogP contribution in [0.15, 0.2) is 6.33 Å². The van der Waals surface area contributed by atoms with Crippen LogP contribution in [0.25, 0.3) is 0 Å². The highest BCUT2D eigenvalue weighted by Crippen LogP contribution is 2.16. The summed E-state index contributed by atoms with van der Waals surface area (Å²) >= 11 is 0. The van der Waals surface area contributed by atoms with Gasteiger partial charge in [-0.1, -0.05) is 19.3 Å². The Morgan fingerprint density at radius 1 is 1.14 bits per heavy atom. The Bertz CT molecular complexity index is 372. The second kappa shape index (κ2) is 9.87. The molecule has 1 heterocycles. The van der Waals surface area contributed by atoms with Crippen LogP contribution < -0.4 is 16.4 Å². The van der Waals surface area contributed by atoms with Crippen molar-refractivity contribution in [1.82, 2.24) is 25.4 Å². The van der Waals surface area contributed by atoms with E-state index in [2.05, 4.69) is 20.7 Å². The average Bonchev–Trinajstić information content (AvgIpc) is 2.99. The van der Waals surface area contributed by atoms with Crippen LogP contribution >= 0.6 is 0 Å². The number of nitrogens with one attached hydrogen (secondary N) is 2. The first-order valence-electron chi connectivity index (χ1n) is 8.41. The Kier molecular flexibility index (Phi) is 7.70. The molecule has 0 radical (unpaired) electrons. The minimum Gasteiger partial charge on any atom is -0.324 e. The summed E-state index contributed by atoms with van der Waals surface area (Å²) in [7, 11) is 0. The fourth-order valence-corrected chi connectivity index (χ4v) is 2.85. The van der Waals surface area contributed by atoms with Gasteiger partial charge >= 0.3 is 0 Å². The second-order valence-electron chi connectivity index (χ2n) is 5.87. The van der Waals surface area contributed by atoms with Crippen LogP contribution in [0.3, 0.4) is 0 Å². The number of nitrogens with two attached hydrogens (primary N) is 1. The molecule has 4 N–H and O–H groups in total. The van der Waals surface area contributed by atoms with Gasteiger partial charge in [0.15, 0.2) is 5.82 Å². The zero-order valence-corrected chi connectivity index (χ0v) is 13.1. The predicted octanol–water partition coefficient (Wildman–Crippen LogP) is 1.03. The Hall–Kier alpha value is -0.980. The highest BCUT2D eigenvalue weighted by Gasteiger charge is 2.11. The largest absolute Gasteiger partial charge is 0.324 e. The second-order valence-corrected chi connectivity index (χ2v) is 5.87. The normalized spacial score (nSPS) is 16.4. The molecule has 21 heavy (non-hydrogen) atoms. The lowest BCUT2D eigenvalue weighted by atomic mass is 9.95. The maximum absolute atomic E-state index is 5.48. The summed E-state index contributed by atoms with van der Waals surface area (Å²) in [4.78, 5) is 4.12. The van der Waals surface area contributed by atoms with Crippen molar-refractivity contribution < 1.29 is 0 Å². The number of aromatic nitrogens is 3. The van der Waals surface area contributed by atoms with Crippen LogP contribution in [-0.2, 0) is 13.1 Å². The topological polar surface area (TPSA) is 80.8 Å². The van der Waals surface area contributed by atoms with E-state index in [0.29, 0.717) is 6.54 Å². The van der Waals surface area contributed by atoms with E-state index < -0.39 is 0 Å². The number of rotatable bonds is 10. The van der Waals surface area contributed by atoms with E-state index >= 15 is 0 Å². The third-order valence-electron chi connectivity index (χ3n) is 4.08. The lowest BCUT2D eigenvalue weighted by Gasteiger charge is -2.22. The molecule has 0 aliphatic heterocycles. The molecule has 0 bridgehead atoms. The van der Waals surface area contributed by atoms with Crippen molar-refractivity contribution in [2.45, 2.75) is 64.1 Å². The molecule has 0 unspecified atom stereocenters. The monoisotopic (exact) mass is 294 g/mol. The third-order valence-corrected chi connectivity index (χ3v) is 4.08. The maximum Gasteiger partial charge on any atom is 0.164 e. The molecule has 1 aliphatic carbocycles. The Balaban J connectivity index is 1.39. The molecule has 1 aliphatic rings. The van der Waals surface area contributed by atoms with Crippen molar-refractivity contribution >= 4 is 0 Å². The van der Waals surface area contributed by atoms with Gasteiger partial charge in [0, 0.05) is 12.6 Å². The average molecular weight is 294 g/mol. The van der Waals surface area contributed by atoms with Crippen molar-refractivity contribution in [3.05, 3.63) is 12.2 Å². The van der Waals surface area contributed by atoms with Crippen LogP contribution in [0.2, 0.25) is 0 Å². The smallest absolute Gasteiger partial charge is 0.164 e. The molecule has 0 aromatic carbocycles. The molecule has 0 atom stereocenters. The Morgan fingerprint density at radius 2 is 1.95 bits per heavy atom. The Labute approximate surface area is 127 Å². The molecule has 1 aromatic rings. The quantitative estimate of drug-likeness (QED) is 0.562. The summed E-state index contributed by atoms with van der Waals surface area (Å²) in [5.41, 5.74) is 5.48. The van der Waals surface area contributed by atoms with Gasteiger partial charge in [0.2, 0.25) is 0 Å². The van der Waals surface area contributed by atoms with E-state index in [4.69, 9.17) is 5.73 Å². The van der Waals surface area contributed by atoms with Crippen LogP contribution in [0, 0.1) is 0 Å². The first kappa shape index (κ1) is 16.4. The molecule has 1 fully saturated rings. The maximum atomic E-state index is 5.48. The molecule has 1 aromatic heterocycles. The van der Waals surface area contributed by atoms with E-state index in [1.165, 1.54) is 38.5 Å². The van der Waals surface area contributed by atoms with E-state index in [1.807, 2.05) is 4.68 Å². The molecule has 6 nitrogen and oxygen atoms in total.